The topological polar surface area (TPSA) is 86.1 Å². The number of esters is 1. The van der Waals surface area contributed by atoms with Crippen LogP contribution in [0.25, 0.3) is 0 Å². The number of quaternary nitrogens is 1. The first kappa shape index (κ1) is 22.9. The van der Waals surface area contributed by atoms with E-state index in [1.54, 1.807) is 6.92 Å². The first-order valence-electron chi connectivity index (χ1n) is 8.62. The molecular formula is C17H24F3N3O4. The summed E-state index contributed by atoms with van der Waals surface area (Å²) in [4.78, 5) is 23.4. The number of alkyl halides is 3. The van der Waals surface area contributed by atoms with E-state index < -0.39 is 22.9 Å². The molecule has 1 aromatic rings. The van der Waals surface area contributed by atoms with Crippen molar-refractivity contribution in [2.75, 3.05) is 25.0 Å². The molecule has 0 heterocycles. The number of hydrogen-bond acceptors (Lipinski definition) is 5. The van der Waals surface area contributed by atoms with Crippen LogP contribution in [-0.4, -0.2) is 36.7 Å². The zero-order chi connectivity index (χ0) is 20.4. The van der Waals surface area contributed by atoms with Gasteiger partial charge in [0.05, 0.1) is 12.2 Å². The minimum Gasteiger partial charge on any atom is -0.604 e. The molecule has 0 bridgehead atoms. The second-order valence-electron chi connectivity index (χ2n) is 5.73. The van der Waals surface area contributed by atoms with Gasteiger partial charge in [0.1, 0.15) is 0 Å². The number of anilines is 1. The van der Waals surface area contributed by atoms with Crippen molar-refractivity contribution in [3.63, 3.8) is 0 Å². The third kappa shape index (κ3) is 7.94. The van der Waals surface area contributed by atoms with Crippen LogP contribution in [0.3, 0.4) is 0 Å². The van der Waals surface area contributed by atoms with Gasteiger partial charge in [0, 0.05) is 25.2 Å². The predicted octanol–water partition coefficient (Wildman–Crippen LogP) is 2.59. The summed E-state index contributed by atoms with van der Waals surface area (Å²) in [5, 5.41) is 15.1. The molecule has 0 radical (unpaired) electrons. The standard InChI is InChI=1S/C17H24F3N3O4/c1-3-11-22(12-5-6-15(24)27-4-2)23(26)16(25)21-14-9-7-13(8-10-14)17(18,19)20/h7-10,23H,3-6,11-12H2,1-2H3,(H,21,25). The van der Waals surface area contributed by atoms with Gasteiger partial charge in [-0.25, -0.2) is 9.97 Å². The number of hydrogen-bond donors (Lipinski definition) is 2. The summed E-state index contributed by atoms with van der Waals surface area (Å²) >= 11 is 0. The van der Waals surface area contributed by atoms with Gasteiger partial charge in [-0.15, -0.1) is 5.01 Å². The zero-order valence-corrected chi connectivity index (χ0v) is 15.3. The van der Waals surface area contributed by atoms with E-state index in [-0.39, 0.29) is 31.2 Å². The van der Waals surface area contributed by atoms with E-state index in [1.165, 1.54) is 5.01 Å². The molecule has 27 heavy (non-hydrogen) atoms. The number of halogens is 3. The van der Waals surface area contributed by atoms with Gasteiger partial charge >= 0.3 is 18.2 Å². The fraction of sp³-hybridized carbons (Fsp3) is 0.529. The van der Waals surface area contributed by atoms with E-state index in [0.717, 1.165) is 24.3 Å². The molecule has 7 nitrogen and oxygen atoms in total. The highest BCUT2D eigenvalue weighted by atomic mass is 19.4. The maximum atomic E-state index is 12.5. The lowest BCUT2D eigenvalue weighted by Gasteiger charge is -2.31. The molecule has 152 valence electrons. The molecule has 0 fully saturated rings. The molecule has 0 saturated carbocycles. The molecule has 1 aromatic carbocycles. The van der Waals surface area contributed by atoms with Gasteiger partial charge in [0.25, 0.3) is 0 Å². The summed E-state index contributed by atoms with van der Waals surface area (Å²) in [6.07, 6.45) is -3.39. The summed E-state index contributed by atoms with van der Waals surface area (Å²) < 4.78 is 42.4. The Kier molecular flexibility index (Phi) is 9.19. The normalized spacial score (nSPS) is 12.7. The number of carbonyl (C=O) groups is 2. The Hall–Kier alpha value is -2.17. The Morgan fingerprint density at radius 2 is 1.81 bits per heavy atom. The highest BCUT2D eigenvalue weighted by Gasteiger charge is 2.30. The average Bonchev–Trinajstić information content (AvgIpc) is 2.60. The Bertz CT molecular complexity index is 608. The lowest BCUT2D eigenvalue weighted by Crippen LogP contribution is -3.17. The number of ether oxygens (including phenoxy) is 1. The number of nitrogens with one attached hydrogen (secondary N) is 2. The molecular weight excluding hydrogens is 367 g/mol. The van der Waals surface area contributed by atoms with E-state index in [0.29, 0.717) is 19.4 Å². The van der Waals surface area contributed by atoms with Crippen molar-refractivity contribution < 1.29 is 32.7 Å². The van der Waals surface area contributed by atoms with Crippen molar-refractivity contribution >= 4 is 17.7 Å². The quantitative estimate of drug-likeness (QED) is 0.499. The minimum atomic E-state index is -4.48. The van der Waals surface area contributed by atoms with Crippen LogP contribution in [0, 0.1) is 5.21 Å². The SMILES string of the molecule is CCCN(CCCC(=O)OCC)[NH+]([O-])C(=O)Nc1ccc(C(F)(F)F)cc1. The molecule has 0 spiro atoms. The Balaban J connectivity index is 2.62. The highest BCUT2D eigenvalue weighted by Crippen LogP contribution is 2.29. The Morgan fingerprint density at radius 3 is 2.33 bits per heavy atom. The van der Waals surface area contributed by atoms with Crippen molar-refractivity contribution in [3.05, 3.63) is 35.0 Å². The maximum Gasteiger partial charge on any atom is 0.438 e. The number of amides is 2. The smallest absolute Gasteiger partial charge is 0.438 e. The molecule has 0 saturated heterocycles. The van der Waals surface area contributed by atoms with Crippen molar-refractivity contribution in [2.45, 2.75) is 39.3 Å². The van der Waals surface area contributed by atoms with Crippen LogP contribution in [0.1, 0.15) is 38.7 Å². The van der Waals surface area contributed by atoms with Crippen LogP contribution < -0.4 is 10.5 Å². The van der Waals surface area contributed by atoms with Gasteiger partial charge in [0.2, 0.25) is 0 Å². The second-order valence-corrected chi connectivity index (χ2v) is 5.73. The van der Waals surface area contributed by atoms with E-state index in [9.17, 15) is 28.0 Å². The van der Waals surface area contributed by atoms with Gasteiger partial charge in [-0.1, -0.05) is 6.92 Å². The second kappa shape index (κ2) is 10.9. The van der Waals surface area contributed by atoms with Crippen LogP contribution in [-0.2, 0) is 15.7 Å². The molecule has 1 rings (SSSR count). The maximum absolute atomic E-state index is 12.5. The number of urea groups is 1. The van der Waals surface area contributed by atoms with E-state index in [2.05, 4.69) is 5.32 Å². The fourth-order valence-corrected chi connectivity index (χ4v) is 2.30. The minimum absolute atomic E-state index is 0.0873. The summed E-state index contributed by atoms with van der Waals surface area (Å²) in [5.41, 5.74) is -0.761. The molecule has 1 atom stereocenters. The van der Waals surface area contributed by atoms with Crippen molar-refractivity contribution in [3.8, 4) is 0 Å². The van der Waals surface area contributed by atoms with E-state index in [1.807, 2.05) is 6.92 Å². The van der Waals surface area contributed by atoms with Crippen molar-refractivity contribution in [2.24, 2.45) is 0 Å². The van der Waals surface area contributed by atoms with Gasteiger partial charge in [0.15, 0.2) is 0 Å². The largest absolute Gasteiger partial charge is 0.604 e. The van der Waals surface area contributed by atoms with Crippen LogP contribution in [0.4, 0.5) is 23.7 Å². The number of benzene rings is 1. The van der Waals surface area contributed by atoms with Gasteiger partial charge in [-0.3, -0.25) is 10.1 Å². The van der Waals surface area contributed by atoms with Gasteiger partial charge in [-0.05, 0) is 44.0 Å². The first-order chi connectivity index (χ1) is 12.7. The zero-order valence-electron chi connectivity index (χ0n) is 15.3. The fourth-order valence-electron chi connectivity index (χ4n) is 2.30. The number of hydroxylamine groups is 1. The summed E-state index contributed by atoms with van der Waals surface area (Å²) in [6.45, 7) is 4.32. The van der Waals surface area contributed by atoms with Crippen LogP contribution >= 0.6 is 0 Å². The summed E-state index contributed by atoms with van der Waals surface area (Å²) in [5.74, 6) is -0.379. The lowest BCUT2D eigenvalue weighted by atomic mass is 10.2. The van der Waals surface area contributed by atoms with Crippen molar-refractivity contribution in [1.29, 1.82) is 0 Å². The highest BCUT2D eigenvalue weighted by molar-refractivity contribution is 5.82. The molecule has 0 aliphatic rings. The van der Waals surface area contributed by atoms with Crippen LogP contribution in [0.2, 0.25) is 0 Å². The third-order valence-corrected chi connectivity index (χ3v) is 3.56. The Labute approximate surface area is 155 Å². The monoisotopic (exact) mass is 391 g/mol. The van der Waals surface area contributed by atoms with E-state index >= 15 is 0 Å². The van der Waals surface area contributed by atoms with Crippen LogP contribution in [0.5, 0.6) is 0 Å². The van der Waals surface area contributed by atoms with E-state index in [4.69, 9.17) is 4.74 Å². The first-order valence-corrected chi connectivity index (χ1v) is 8.62. The Morgan fingerprint density at radius 1 is 1.19 bits per heavy atom. The molecule has 10 heteroatoms. The number of nitrogens with zero attached hydrogens (tertiary/aromatic N) is 1. The molecule has 0 aliphatic carbocycles. The predicted molar refractivity (Wildman–Crippen MR) is 92.5 cm³/mol. The third-order valence-electron chi connectivity index (χ3n) is 3.56. The molecule has 0 aliphatic heterocycles. The number of rotatable bonds is 9. The molecule has 0 aromatic heterocycles. The molecule has 2 amide bonds. The molecule has 2 N–H and O–H groups in total. The van der Waals surface area contributed by atoms with Crippen molar-refractivity contribution in [1.82, 2.24) is 5.01 Å². The molecule has 1 unspecified atom stereocenters. The summed E-state index contributed by atoms with van der Waals surface area (Å²) in [7, 11) is 0. The lowest BCUT2D eigenvalue weighted by molar-refractivity contribution is -0.894. The number of carbonyl (C=O) groups excluding carboxylic acids is 2. The van der Waals surface area contributed by atoms with Gasteiger partial charge in [-0.2, -0.15) is 13.2 Å². The summed E-state index contributed by atoms with van der Waals surface area (Å²) in [6, 6.07) is 2.86. The average molecular weight is 391 g/mol. The van der Waals surface area contributed by atoms with Crippen LogP contribution in [0.15, 0.2) is 24.3 Å². The van der Waals surface area contributed by atoms with Gasteiger partial charge < -0.3 is 9.94 Å².